The number of aromatic nitrogens is 7. The van der Waals surface area contributed by atoms with Crippen molar-refractivity contribution in [2.24, 2.45) is 23.7 Å². The van der Waals surface area contributed by atoms with Crippen LogP contribution in [0.5, 0.6) is 5.75 Å². The summed E-state index contributed by atoms with van der Waals surface area (Å²) in [6.07, 6.45) is 22.0. The molecular formula is C53H75BBr2Cl2FN7O7. The summed E-state index contributed by atoms with van der Waals surface area (Å²) >= 11 is 19.2. The van der Waals surface area contributed by atoms with Crippen LogP contribution in [0.2, 0.25) is 10.0 Å². The Morgan fingerprint density at radius 2 is 1.18 bits per heavy atom. The number of pyridine rings is 1. The van der Waals surface area contributed by atoms with E-state index in [1.54, 1.807) is 13.1 Å². The Morgan fingerprint density at radius 1 is 0.699 bits per heavy atom. The van der Waals surface area contributed by atoms with Crippen LogP contribution in [0.15, 0.2) is 66.0 Å². The highest BCUT2D eigenvalue weighted by Crippen LogP contribution is 2.38. The second-order valence-electron chi connectivity index (χ2n) is 20.6. The first kappa shape index (κ1) is 57.8. The topological polar surface area (TPSA) is 131 Å². The van der Waals surface area contributed by atoms with Crippen LogP contribution in [0.25, 0.3) is 11.1 Å². The van der Waals surface area contributed by atoms with Crippen molar-refractivity contribution in [1.82, 2.24) is 34.3 Å². The Hall–Kier alpha value is -2.91. The van der Waals surface area contributed by atoms with Crippen LogP contribution >= 0.6 is 55.1 Å². The number of benzene rings is 1. The zero-order chi connectivity index (χ0) is 52.0. The minimum Gasteiger partial charge on any atom is -0.484 e. The number of nitrogens with zero attached hydrogens (tertiary/aromatic N) is 7. The summed E-state index contributed by atoms with van der Waals surface area (Å²) < 4.78 is 60.5. The average Bonchev–Trinajstić information content (AvgIpc) is 4.20. The minimum absolute atomic E-state index is 0. The first-order chi connectivity index (χ1) is 35.1. The van der Waals surface area contributed by atoms with Crippen LogP contribution < -0.4 is 10.2 Å². The largest absolute Gasteiger partial charge is 0.498 e. The Labute approximate surface area is 459 Å². The molecule has 0 N–H and O–H groups in total. The van der Waals surface area contributed by atoms with Gasteiger partial charge in [-0.3, -0.25) is 19.0 Å². The predicted molar refractivity (Wildman–Crippen MR) is 294 cm³/mol. The molecule has 0 amide bonds. The lowest BCUT2D eigenvalue weighted by atomic mass is 9.82. The number of hydrogen-bond acceptors (Lipinski definition) is 11. The van der Waals surface area contributed by atoms with Gasteiger partial charge in [0.1, 0.15) is 17.7 Å². The highest BCUT2D eigenvalue weighted by molar-refractivity contribution is 9.10. The molecule has 5 fully saturated rings. The van der Waals surface area contributed by atoms with E-state index in [1.807, 2.05) is 58.0 Å². The fraction of sp³-hybridized carbons (Fsp3) is 0.623. The van der Waals surface area contributed by atoms with Gasteiger partial charge >= 0.3 is 7.12 Å². The van der Waals surface area contributed by atoms with Crippen LogP contribution in [0.3, 0.4) is 0 Å². The molecule has 20 heteroatoms. The van der Waals surface area contributed by atoms with Gasteiger partial charge in [0, 0.05) is 137 Å². The summed E-state index contributed by atoms with van der Waals surface area (Å²) in [5.74, 6) is 2.91. The summed E-state index contributed by atoms with van der Waals surface area (Å²) in [7, 11) is -0.321. The summed E-state index contributed by atoms with van der Waals surface area (Å²) in [5.41, 5.74) is 3.37. The van der Waals surface area contributed by atoms with Gasteiger partial charge in [0.15, 0.2) is 0 Å². The maximum atomic E-state index is 13.9. The molecule has 9 heterocycles. The van der Waals surface area contributed by atoms with Gasteiger partial charge in [-0.05, 0) is 151 Å². The van der Waals surface area contributed by atoms with Crippen molar-refractivity contribution in [2.75, 3.05) is 58.2 Å². The monoisotopic (exact) mass is 1180 g/mol. The maximum absolute atomic E-state index is 13.9. The third kappa shape index (κ3) is 17.0. The molecule has 1 aromatic carbocycles. The van der Waals surface area contributed by atoms with Gasteiger partial charge in [0.2, 0.25) is 0 Å². The molecule has 1 unspecified atom stereocenters. The molecule has 10 rings (SSSR count). The van der Waals surface area contributed by atoms with Gasteiger partial charge in [-0.25, -0.2) is 4.39 Å². The van der Waals surface area contributed by atoms with Crippen molar-refractivity contribution >= 4 is 67.6 Å². The molecule has 0 aliphatic carbocycles. The van der Waals surface area contributed by atoms with E-state index in [0.29, 0.717) is 33.9 Å². The molecular weight excluding hydrogens is 1110 g/mol. The Bertz CT molecular complexity index is 2450. The quantitative estimate of drug-likeness (QED) is 0.0672. The Balaban J connectivity index is 0.000000178. The summed E-state index contributed by atoms with van der Waals surface area (Å²) in [4.78, 5) is 4.47. The van der Waals surface area contributed by atoms with Crippen molar-refractivity contribution in [3.63, 3.8) is 0 Å². The van der Waals surface area contributed by atoms with Gasteiger partial charge in [0.25, 0.3) is 0 Å². The molecule has 5 saturated heterocycles. The second-order valence-corrected chi connectivity index (χ2v) is 23.0. The van der Waals surface area contributed by atoms with E-state index in [-0.39, 0.29) is 24.8 Å². The summed E-state index contributed by atoms with van der Waals surface area (Å²) in [6.45, 7) is 21.9. The van der Waals surface area contributed by atoms with Crippen LogP contribution in [0.1, 0.15) is 105 Å². The number of halogens is 5. The van der Waals surface area contributed by atoms with E-state index < -0.39 is 11.9 Å². The van der Waals surface area contributed by atoms with Crippen LogP contribution in [0, 0.1) is 36.4 Å². The summed E-state index contributed by atoms with van der Waals surface area (Å²) in [6, 6.07) is 4.63. The van der Waals surface area contributed by atoms with Crippen molar-refractivity contribution in [2.45, 2.75) is 130 Å². The Morgan fingerprint density at radius 3 is 1.67 bits per heavy atom. The maximum Gasteiger partial charge on any atom is 0.498 e. The number of alkyl halides is 1. The minimum atomic E-state index is -0.553. The van der Waals surface area contributed by atoms with Crippen LogP contribution in [0.4, 0.5) is 4.39 Å². The van der Waals surface area contributed by atoms with Gasteiger partial charge in [-0.1, -0.05) is 39.1 Å². The highest BCUT2D eigenvalue weighted by atomic mass is 79.9. The average molecular weight is 1180 g/mol. The van der Waals surface area contributed by atoms with Crippen molar-refractivity contribution < 1.29 is 38.8 Å². The zero-order valence-electron chi connectivity index (χ0n) is 43.3. The van der Waals surface area contributed by atoms with E-state index in [9.17, 15) is 4.39 Å². The van der Waals surface area contributed by atoms with Crippen molar-refractivity contribution in [1.29, 1.82) is 0 Å². The first-order valence-corrected chi connectivity index (χ1v) is 28.5. The molecule has 73 heavy (non-hydrogen) atoms. The Kier molecular flexibility index (Phi) is 22.1. The SMILES string of the molecule is BrCC1CCOCC1.Brc1cnn(CC2CCOCC2)c1.CC1(C)OB(c2cnn(CC3CCOCC3)c2)OC1(C)C.Cc1ncc(-c2cnn(CC3CCOCC3)c2)cc1OC(C)c1c(Cl)ccc(F)c1Cl.[2HH]. The molecule has 4 aromatic heterocycles. The highest BCUT2D eigenvalue weighted by Gasteiger charge is 2.52. The number of ether oxygens (including phenoxy) is 5. The lowest BCUT2D eigenvalue weighted by Gasteiger charge is -2.32. The molecule has 5 aromatic rings. The molecule has 0 bridgehead atoms. The van der Waals surface area contributed by atoms with Crippen molar-refractivity contribution in [3.05, 3.63) is 93.2 Å². The lowest BCUT2D eigenvalue weighted by molar-refractivity contribution is 0.00578. The van der Waals surface area contributed by atoms with E-state index >= 15 is 0 Å². The molecule has 14 nitrogen and oxygen atoms in total. The third-order valence-electron chi connectivity index (χ3n) is 14.5. The molecule has 402 valence electrons. The molecule has 0 radical (unpaired) electrons. The summed E-state index contributed by atoms with van der Waals surface area (Å²) in [5, 5.41) is 14.7. The smallest absolute Gasteiger partial charge is 0.484 e. The normalized spacial score (nSPS) is 20.0. The van der Waals surface area contributed by atoms with E-state index in [0.717, 1.165) is 149 Å². The lowest BCUT2D eigenvalue weighted by Crippen LogP contribution is -2.41. The molecule has 5 aliphatic rings. The predicted octanol–water partition coefficient (Wildman–Crippen LogP) is 12.0. The van der Waals surface area contributed by atoms with Crippen LogP contribution in [-0.4, -0.2) is 111 Å². The van der Waals surface area contributed by atoms with Gasteiger partial charge < -0.3 is 33.0 Å². The molecule has 1 atom stereocenters. The van der Waals surface area contributed by atoms with Crippen molar-refractivity contribution in [3.8, 4) is 16.9 Å². The van der Waals surface area contributed by atoms with E-state index in [4.69, 9.17) is 56.2 Å². The van der Waals surface area contributed by atoms with Gasteiger partial charge in [-0.15, -0.1) is 0 Å². The number of hydrogen-bond donors (Lipinski definition) is 0. The van der Waals surface area contributed by atoms with E-state index in [2.05, 4.69) is 86.0 Å². The number of rotatable bonds is 12. The molecule has 0 saturated carbocycles. The molecule has 0 spiro atoms. The molecule has 5 aliphatic heterocycles. The second kappa shape index (κ2) is 27.9. The fourth-order valence-corrected chi connectivity index (χ4v) is 10.7. The zero-order valence-corrected chi connectivity index (χ0v) is 47.9. The van der Waals surface area contributed by atoms with Gasteiger partial charge in [-0.2, -0.15) is 15.3 Å². The third-order valence-corrected chi connectivity index (χ3v) is 16.5. The van der Waals surface area contributed by atoms with Gasteiger partial charge in [0.05, 0.1) is 38.8 Å². The van der Waals surface area contributed by atoms with Crippen LogP contribution in [-0.2, 0) is 47.9 Å². The standard InChI is InChI=1S/C23H24Cl2FN3O2.C15H25BN2O3.C9H13BrN2O.C6H11BrO.H2/c1-14-21(31-15(2)22-19(24)3-4-20(26)23(22)25)9-17(10-27-14)18-11-28-29(13-18)12-16-5-7-30-8-6-16;1-14(2)15(3,4)21-16(20-14)13-9-17-18(11-13)10-12-5-7-19-8-6-12;10-9-5-11-12(7-9)6-8-1-3-13-4-2-8;7-5-6-1-3-8-4-2-6;/h3-4,9-11,13,15-16H,5-8,12H2,1-2H3;9,11-12H,5-8,10H2,1-4H3;5,7-8H,1-4,6H2;6H,1-5H2;1H/i;;;;1+1. The first-order valence-electron chi connectivity index (χ1n) is 25.8. The number of aryl methyl sites for hydroxylation is 1. The fourth-order valence-electron chi connectivity index (χ4n) is 9.07. The van der Waals surface area contributed by atoms with E-state index in [1.165, 1.54) is 25.0 Å².